The van der Waals surface area contributed by atoms with E-state index in [0.717, 1.165) is 6.92 Å². The maximum atomic E-state index is 13.6. The van der Waals surface area contributed by atoms with Crippen molar-refractivity contribution >= 4 is 24.5 Å². The quantitative estimate of drug-likeness (QED) is 0.473. The predicted molar refractivity (Wildman–Crippen MR) is 72.5 cm³/mol. The Morgan fingerprint density at radius 3 is 1.80 bits per heavy atom. The summed E-state index contributed by atoms with van der Waals surface area (Å²) in [6.45, 7) is 0.926. The number of hydrogen-bond donors (Lipinski definition) is 1. The van der Waals surface area contributed by atoms with Crippen LogP contribution >= 0.6 is 0 Å². The molecule has 0 saturated heterocycles. The standard InChI is InChI=1S/C14H11F9OTe/c1-8(24)10(25-9-5-3-2-4-6-9)7-11(15,16)12(17,18)13(19,20)14(21,22)23/h2-8,24H,1H3/b10-7+. The van der Waals surface area contributed by atoms with Crippen LogP contribution in [0.15, 0.2) is 40.0 Å². The van der Waals surface area contributed by atoms with Crippen molar-refractivity contribution in [2.45, 2.75) is 37.0 Å². The van der Waals surface area contributed by atoms with Crippen molar-refractivity contribution in [3.8, 4) is 0 Å². The number of halogens is 9. The van der Waals surface area contributed by atoms with Crippen LogP contribution in [0, 0.1) is 0 Å². The summed E-state index contributed by atoms with van der Waals surface area (Å²) in [5.41, 5.74) is 0. The molecule has 1 aromatic carbocycles. The van der Waals surface area contributed by atoms with Gasteiger partial charge in [0.2, 0.25) is 0 Å². The van der Waals surface area contributed by atoms with Crippen molar-refractivity contribution in [3.05, 3.63) is 40.0 Å². The normalized spacial score (nSPS) is 16.0. The van der Waals surface area contributed by atoms with E-state index >= 15 is 0 Å². The first kappa shape index (κ1) is 22.1. The third kappa shape index (κ3) is 4.63. The molecule has 0 bridgehead atoms. The van der Waals surface area contributed by atoms with Gasteiger partial charge in [-0.2, -0.15) is 0 Å². The van der Waals surface area contributed by atoms with Crippen LogP contribution in [0.4, 0.5) is 39.5 Å². The van der Waals surface area contributed by atoms with Crippen molar-refractivity contribution in [1.29, 1.82) is 0 Å². The van der Waals surface area contributed by atoms with Crippen molar-refractivity contribution in [3.63, 3.8) is 0 Å². The number of allylic oxidation sites excluding steroid dienone is 1. The molecule has 0 aromatic heterocycles. The topological polar surface area (TPSA) is 20.2 Å². The van der Waals surface area contributed by atoms with E-state index in [4.69, 9.17) is 0 Å². The van der Waals surface area contributed by atoms with Gasteiger partial charge in [0, 0.05) is 0 Å². The number of hydrogen-bond acceptors (Lipinski definition) is 1. The summed E-state index contributed by atoms with van der Waals surface area (Å²) in [6, 6.07) is 7.40. The summed E-state index contributed by atoms with van der Waals surface area (Å²) in [7, 11) is 0. The van der Waals surface area contributed by atoms with Crippen LogP contribution in [0.2, 0.25) is 0 Å². The summed E-state index contributed by atoms with van der Waals surface area (Å²) in [4.78, 5) is 0. The van der Waals surface area contributed by atoms with Crippen LogP contribution in [0.1, 0.15) is 6.92 Å². The van der Waals surface area contributed by atoms with Gasteiger partial charge in [0.25, 0.3) is 0 Å². The number of aliphatic hydroxyl groups excluding tert-OH is 1. The number of rotatable bonds is 6. The summed E-state index contributed by atoms with van der Waals surface area (Å²) in [5.74, 6) is -19.5. The molecule has 1 atom stereocenters. The Hall–Kier alpha value is -0.920. The number of alkyl halides is 9. The first-order valence-electron chi connectivity index (χ1n) is 6.47. The third-order valence-corrected chi connectivity index (χ3v) is 6.32. The fourth-order valence-electron chi connectivity index (χ4n) is 1.52. The van der Waals surface area contributed by atoms with E-state index in [2.05, 4.69) is 0 Å². The molecule has 0 aliphatic rings. The minimum atomic E-state index is -6.95. The molecule has 1 N–H and O–H groups in total. The van der Waals surface area contributed by atoms with E-state index in [1.54, 1.807) is 6.07 Å². The first-order chi connectivity index (χ1) is 11.1. The summed E-state index contributed by atoms with van der Waals surface area (Å²) >= 11 is -1.90. The summed E-state index contributed by atoms with van der Waals surface area (Å²) in [5, 5.41) is 9.44. The molecule has 0 aliphatic heterocycles. The molecule has 1 nitrogen and oxygen atoms in total. The van der Waals surface area contributed by atoms with Gasteiger partial charge >= 0.3 is 146 Å². The number of benzene rings is 1. The molecule has 25 heavy (non-hydrogen) atoms. The molecule has 1 rings (SSSR count). The Kier molecular flexibility index (Phi) is 6.52. The first-order valence-corrected chi connectivity index (χ1v) is 8.80. The van der Waals surface area contributed by atoms with Crippen LogP contribution in [-0.2, 0) is 0 Å². The zero-order chi connectivity index (χ0) is 19.7. The van der Waals surface area contributed by atoms with Gasteiger partial charge in [-0.15, -0.1) is 0 Å². The van der Waals surface area contributed by atoms with Gasteiger partial charge in [0.15, 0.2) is 0 Å². The van der Waals surface area contributed by atoms with Crippen molar-refractivity contribution in [2.24, 2.45) is 0 Å². The van der Waals surface area contributed by atoms with Gasteiger partial charge < -0.3 is 0 Å². The Labute approximate surface area is 146 Å². The second-order valence-corrected chi connectivity index (χ2v) is 8.18. The van der Waals surface area contributed by atoms with Gasteiger partial charge in [-0.1, -0.05) is 0 Å². The molecule has 1 aromatic rings. The third-order valence-electron chi connectivity index (χ3n) is 2.88. The van der Waals surface area contributed by atoms with Crippen LogP contribution in [-0.4, -0.2) is 56.1 Å². The second kappa shape index (κ2) is 7.37. The molecule has 0 fully saturated rings. The average Bonchev–Trinajstić information content (AvgIpc) is 2.45. The van der Waals surface area contributed by atoms with E-state index in [-0.39, 0.29) is 0 Å². The molecular weight excluding hydrogens is 483 g/mol. The number of aliphatic hydroxyl groups is 1. The molecule has 142 valence electrons. The van der Waals surface area contributed by atoms with Crippen molar-refractivity contribution in [1.82, 2.24) is 0 Å². The molecule has 0 radical (unpaired) electrons. The Morgan fingerprint density at radius 2 is 1.40 bits per heavy atom. The predicted octanol–water partition coefficient (Wildman–Crippen LogP) is 3.75. The zero-order valence-electron chi connectivity index (χ0n) is 12.3. The SMILES string of the molecule is CC(O)/C(=C\C(F)(F)C(F)(F)C(F)(F)C(F)(F)F)[Te]c1ccccc1. The van der Waals surface area contributed by atoms with Gasteiger partial charge in [-0.3, -0.25) is 0 Å². The van der Waals surface area contributed by atoms with Gasteiger partial charge in [0.05, 0.1) is 0 Å². The minimum absolute atomic E-state index is 0.391. The summed E-state index contributed by atoms with van der Waals surface area (Å²) in [6.07, 6.45) is -9.26. The average molecular weight is 494 g/mol. The van der Waals surface area contributed by atoms with E-state index in [1.807, 2.05) is 0 Å². The molecule has 1 unspecified atom stereocenters. The van der Waals surface area contributed by atoms with Gasteiger partial charge in [-0.05, 0) is 0 Å². The van der Waals surface area contributed by atoms with E-state index in [1.165, 1.54) is 24.3 Å². The Morgan fingerprint density at radius 1 is 0.920 bits per heavy atom. The van der Waals surface area contributed by atoms with Crippen molar-refractivity contribution < 1.29 is 44.6 Å². The van der Waals surface area contributed by atoms with Crippen molar-refractivity contribution in [2.75, 3.05) is 0 Å². The Bertz CT molecular complexity index is 608. The van der Waals surface area contributed by atoms with Crippen LogP contribution in [0.25, 0.3) is 0 Å². The maximum absolute atomic E-state index is 13.6. The molecular formula is C14H11F9OTe. The van der Waals surface area contributed by atoms with E-state index in [0.29, 0.717) is 3.61 Å². The fraction of sp³-hybridized carbons (Fsp3) is 0.429. The van der Waals surface area contributed by atoms with Crippen LogP contribution in [0.5, 0.6) is 0 Å². The Balaban J connectivity index is 3.30. The van der Waals surface area contributed by atoms with Crippen LogP contribution in [0.3, 0.4) is 0 Å². The second-order valence-electron chi connectivity index (χ2n) is 4.91. The molecule has 11 heteroatoms. The molecule has 0 spiro atoms. The van der Waals surface area contributed by atoms with Gasteiger partial charge in [-0.25, -0.2) is 0 Å². The zero-order valence-corrected chi connectivity index (χ0v) is 14.6. The monoisotopic (exact) mass is 496 g/mol. The van der Waals surface area contributed by atoms with E-state index in [9.17, 15) is 44.6 Å². The fourth-order valence-corrected chi connectivity index (χ4v) is 4.21. The van der Waals surface area contributed by atoms with E-state index < -0.39 is 60.7 Å². The molecule has 0 saturated carbocycles. The van der Waals surface area contributed by atoms with Gasteiger partial charge in [0.1, 0.15) is 0 Å². The summed E-state index contributed by atoms with van der Waals surface area (Å²) < 4.78 is 116. The molecule has 0 amide bonds. The molecule has 0 heterocycles. The van der Waals surface area contributed by atoms with Crippen LogP contribution < -0.4 is 3.61 Å². The molecule has 0 aliphatic carbocycles.